The van der Waals surface area contributed by atoms with Crippen molar-refractivity contribution in [2.45, 2.75) is 12.2 Å². The Kier molecular flexibility index (Phi) is 5.04. The average molecular weight is 504 g/mol. The van der Waals surface area contributed by atoms with Gasteiger partial charge in [-0.25, -0.2) is 4.98 Å². The molecule has 0 saturated heterocycles. The van der Waals surface area contributed by atoms with Crippen molar-refractivity contribution in [3.63, 3.8) is 0 Å². The van der Waals surface area contributed by atoms with Crippen molar-refractivity contribution < 1.29 is 22.7 Å². The molecule has 3 aromatic heterocycles. The van der Waals surface area contributed by atoms with Crippen molar-refractivity contribution in [1.29, 1.82) is 0 Å². The summed E-state index contributed by atoms with van der Waals surface area (Å²) in [5.41, 5.74) is 6.70. The third kappa shape index (κ3) is 3.79. The zero-order valence-corrected chi connectivity index (χ0v) is 19.4. The normalized spacial score (nSPS) is 15.1. The lowest BCUT2D eigenvalue weighted by Crippen LogP contribution is -2.36. The molecule has 1 amide bonds. The first-order chi connectivity index (χ1) is 17.7. The number of carbonyl (C=O) groups is 1. The molecule has 2 N–H and O–H groups in total. The van der Waals surface area contributed by atoms with Gasteiger partial charge in [-0.1, -0.05) is 6.07 Å². The first-order valence-corrected chi connectivity index (χ1v) is 11.3. The van der Waals surface area contributed by atoms with E-state index < -0.39 is 23.7 Å². The van der Waals surface area contributed by atoms with Gasteiger partial charge in [0.25, 0.3) is 5.91 Å². The van der Waals surface area contributed by atoms with Gasteiger partial charge in [-0.05, 0) is 36.4 Å². The number of alkyl halides is 3. The van der Waals surface area contributed by atoms with Crippen molar-refractivity contribution >= 4 is 39.2 Å². The number of nitrogens with zero attached hydrogens (tertiary/aromatic N) is 5. The molecule has 11 heteroatoms. The Balaban J connectivity index is 1.47. The van der Waals surface area contributed by atoms with Gasteiger partial charge in [-0.15, -0.1) is 0 Å². The van der Waals surface area contributed by atoms with Crippen LogP contribution in [0.4, 0.5) is 24.8 Å². The molecule has 0 fully saturated rings. The van der Waals surface area contributed by atoms with Crippen LogP contribution in [0.2, 0.25) is 0 Å². The van der Waals surface area contributed by atoms with Gasteiger partial charge in [0.2, 0.25) is 0 Å². The minimum atomic E-state index is -4.51. The van der Waals surface area contributed by atoms with Crippen molar-refractivity contribution in [3.8, 4) is 5.75 Å². The summed E-state index contributed by atoms with van der Waals surface area (Å²) in [5, 5.41) is 6.56. The van der Waals surface area contributed by atoms with Crippen LogP contribution in [0.5, 0.6) is 5.75 Å². The lowest BCUT2D eigenvalue weighted by molar-refractivity contribution is -0.137. The number of aromatic nitrogens is 4. The van der Waals surface area contributed by atoms with Crippen LogP contribution in [-0.2, 0) is 13.2 Å². The quantitative estimate of drug-likeness (QED) is 0.351. The number of ether oxygens (including phenoxy) is 1. The summed E-state index contributed by atoms with van der Waals surface area (Å²) in [5.74, 6) is 0.396. The van der Waals surface area contributed by atoms with E-state index >= 15 is 0 Å². The Morgan fingerprint density at radius 3 is 2.70 bits per heavy atom. The molecular weight excluding hydrogens is 485 g/mol. The van der Waals surface area contributed by atoms with Gasteiger partial charge < -0.3 is 10.5 Å². The maximum Gasteiger partial charge on any atom is 0.416 e. The minimum Gasteiger partial charge on any atom is -0.491 e. The predicted molar refractivity (Wildman–Crippen MR) is 131 cm³/mol. The Labute approximate surface area is 208 Å². The zero-order chi connectivity index (χ0) is 25.9. The molecule has 37 heavy (non-hydrogen) atoms. The second-order valence-electron chi connectivity index (χ2n) is 8.75. The van der Waals surface area contributed by atoms with Crippen LogP contribution in [0.25, 0.3) is 21.7 Å². The summed E-state index contributed by atoms with van der Waals surface area (Å²) in [6.07, 6.45) is 0.462. The van der Waals surface area contributed by atoms with Crippen molar-refractivity contribution in [2.75, 3.05) is 17.2 Å². The molecule has 5 aromatic rings. The Morgan fingerprint density at radius 1 is 1.11 bits per heavy atom. The van der Waals surface area contributed by atoms with Crippen LogP contribution in [-0.4, -0.2) is 32.3 Å². The molecule has 0 radical (unpaired) electrons. The van der Waals surface area contributed by atoms with E-state index in [-0.39, 0.29) is 12.4 Å². The van der Waals surface area contributed by atoms with E-state index in [1.807, 2.05) is 0 Å². The summed E-state index contributed by atoms with van der Waals surface area (Å²) < 4.78 is 46.9. The first kappa shape index (κ1) is 22.8. The number of nitrogen functional groups attached to an aromatic ring is 1. The number of pyridine rings is 2. The van der Waals surface area contributed by atoms with Crippen LogP contribution in [0.15, 0.2) is 67.1 Å². The van der Waals surface area contributed by atoms with Gasteiger partial charge in [0.1, 0.15) is 24.2 Å². The number of nitrogens with two attached hydrogens (primary N) is 1. The van der Waals surface area contributed by atoms with Crippen LogP contribution in [0.3, 0.4) is 0 Å². The summed E-state index contributed by atoms with van der Waals surface area (Å²) in [7, 11) is 1.71. The van der Waals surface area contributed by atoms with E-state index in [0.717, 1.165) is 17.5 Å². The highest BCUT2D eigenvalue weighted by Crippen LogP contribution is 2.42. The standard InChI is InChI=1S/C26H19F3N6O2/c1-34-9-7-23(33-34)35(21-13-37-22-11-15(26(27,28)29)3-4-17(21)22)25(36)14-2-5-20-18(10-14)19-12-31-8-6-16(19)24(30)32-20/h2-12,21H,13H2,1H3,(H2,30,32). The lowest BCUT2D eigenvalue weighted by Gasteiger charge is -2.26. The van der Waals surface area contributed by atoms with E-state index in [0.29, 0.717) is 39.1 Å². The number of hydrogen-bond donors (Lipinski definition) is 1. The molecular formula is C26H19F3N6O2. The highest BCUT2D eigenvalue weighted by molar-refractivity contribution is 6.13. The zero-order valence-electron chi connectivity index (χ0n) is 19.4. The molecule has 186 valence electrons. The molecule has 2 aromatic carbocycles. The number of anilines is 2. The summed E-state index contributed by atoms with van der Waals surface area (Å²) in [6, 6.07) is 11.1. The lowest BCUT2D eigenvalue weighted by atomic mass is 10.0. The number of rotatable bonds is 3. The number of amides is 1. The summed E-state index contributed by atoms with van der Waals surface area (Å²) in [4.78, 5) is 24.1. The molecule has 4 heterocycles. The fraction of sp³-hybridized carbons (Fsp3) is 0.154. The molecule has 1 aliphatic rings. The Morgan fingerprint density at radius 2 is 1.95 bits per heavy atom. The van der Waals surface area contributed by atoms with E-state index in [9.17, 15) is 18.0 Å². The number of aryl methyl sites for hydroxylation is 1. The second-order valence-corrected chi connectivity index (χ2v) is 8.75. The van der Waals surface area contributed by atoms with E-state index in [2.05, 4.69) is 15.1 Å². The number of fused-ring (bicyclic) bond motifs is 4. The Hall–Kier alpha value is -4.67. The number of hydrogen-bond acceptors (Lipinski definition) is 6. The van der Waals surface area contributed by atoms with Gasteiger partial charge in [0.15, 0.2) is 5.82 Å². The fourth-order valence-corrected chi connectivity index (χ4v) is 4.66. The van der Waals surface area contributed by atoms with E-state index in [1.165, 1.54) is 11.0 Å². The van der Waals surface area contributed by atoms with E-state index in [1.54, 1.807) is 60.7 Å². The van der Waals surface area contributed by atoms with Crippen LogP contribution < -0.4 is 15.4 Å². The molecule has 1 aliphatic heterocycles. The summed E-state index contributed by atoms with van der Waals surface area (Å²) >= 11 is 0. The van der Waals surface area contributed by atoms with Gasteiger partial charge in [-0.3, -0.25) is 19.4 Å². The molecule has 0 saturated carbocycles. The van der Waals surface area contributed by atoms with Gasteiger partial charge >= 0.3 is 6.18 Å². The molecule has 6 rings (SSSR count). The maximum atomic E-state index is 14.0. The monoisotopic (exact) mass is 504 g/mol. The van der Waals surface area contributed by atoms with Gasteiger partial charge in [0, 0.05) is 59.0 Å². The van der Waals surface area contributed by atoms with Crippen LogP contribution >= 0.6 is 0 Å². The second kappa shape index (κ2) is 8.19. The topological polar surface area (TPSA) is 99.2 Å². The first-order valence-electron chi connectivity index (χ1n) is 11.3. The van der Waals surface area contributed by atoms with Gasteiger partial charge in [0.05, 0.1) is 11.1 Å². The number of carbonyl (C=O) groups excluding carboxylic acids is 1. The third-order valence-electron chi connectivity index (χ3n) is 6.45. The molecule has 0 aliphatic carbocycles. The summed E-state index contributed by atoms with van der Waals surface area (Å²) in [6.45, 7) is -0.0164. The minimum absolute atomic E-state index is 0.0164. The smallest absolute Gasteiger partial charge is 0.416 e. The van der Waals surface area contributed by atoms with Crippen molar-refractivity contribution in [1.82, 2.24) is 19.7 Å². The molecule has 8 nitrogen and oxygen atoms in total. The predicted octanol–water partition coefficient (Wildman–Crippen LogP) is 4.90. The van der Waals surface area contributed by atoms with Crippen LogP contribution in [0, 0.1) is 0 Å². The van der Waals surface area contributed by atoms with Crippen molar-refractivity contribution in [2.24, 2.45) is 7.05 Å². The molecule has 1 unspecified atom stereocenters. The van der Waals surface area contributed by atoms with Gasteiger partial charge in [-0.2, -0.15) is 18.3 Å². The number of benzene rings is 2. The average Bonchev–Trinajstić information content (AvgIpc) is 3.50. The molecule has 0 spiro atoms. The van der Waals surface area contributed by atoms with E-state index in [4.69, 9.17) is 10.5 Å². The number of halogens is 3. The van der Waals surface area contributed by atoms with Crippen molar-refractivity contribution in [3.05, 3.63) is 83.8 Å². The SMILES string of the molecule is Cn1ccc(N(C(=O)c2ccc3nc(N)c4ccncc4c3c2)C2COc3cc(C(F)(F)F)ccc32)n1. The maximum absolute atomic E-state index is 14.0. The Bertz CT molecular complexity index is 1700. The fourth-order valence-electron chi connectivity index (χ4n) is 4.66. The largest absolute Gasteiger partial charge is 0.491 e. The highest BCUT2D eigenvalue weighted by Gasteiger charge is 2.38. The molecule has 1 atom stereocenters. The van der Waals surface area contributed by atoms with Crippen LogP contribution in [0.1, 0.15) is 27.5 Å². The molecule has 0 bridgehead atoms. The third-order valence-corrected chi connectivity index (χ3v) is 6.45. The highest BCUT2D eigenvalue weighted by atomic mass is 19.4.